The number of carbonyl (C=O) groups is 2. The molecular weight excluding hydrogens is 464 g/mol. The Morgan fingerprint density at radius 2 is 1.81 bits per heavy atom. The number of unbranched alkanes of at least 4 members (excludes halogenated alkanes) is 1. The molecule has 2 aliphatic rings. The highest BCUT2D eigenvalue weighted by molar-refractivity contribution is 5.90. The molecule has 0 saturated carbocycles. The molecule has 2 aromatic rings. The smallest absolute Gasteiger partial charge is 0.226 e. The van der Waals surface area contributed by atoms with Gasteiger partial charge in [0.1, 0.15) is 5.75 Å². The number of rotatable bonds is 9. The Morgan fingerprint density at radius 1 is 1.08 bits per heavy atom. The molecule has 2 saturated heterocycles. The number of amides is 2. The number of carbonyl (C=O) groups excluding carboxylic acids is 2. The number of hydrogen-bond acceptors (Lipinski definition) is 4. The largest absolute Gasteiger partial charge is 0.497 e. The molecule has 194 valence electrons. The third-order valence-electron chi connectivity index (χ3n) is 7.30. The second-order valence-corrected chi connectivity index (χ2v) is 9.78. The van der Waals surface area contributed by atoms with Crippen molar-refractivity contribution < 1.29 is 23.1 Å². The quantitative estimate of drug-likeness (QED) is 0.554. The monoisotopic (exact) mass is 499 g/mol. The van der Waals surface area contributed by atoms with Crippen molar-refractivity contribution in [2.75, 3.05) is 26.7 Å². The first kappa shape index (κ1) is 26.1. The van der Waals surface area contributed by atoms with Gasteiger partial charge in [-0.2, -0.15) is 0 Å². The summed E-state index contributed by atoms with van der Waals surface area (Å²) in [6, 6.07) is 11.4. The molecule has 2 aromatic carbocycles. The van der Waals surface area contributed by atoms with Gasteiger partial charge in [0.25, 0.3) is 0 Å². The molecule has 0 aliphatic carbocycles. The number of likely N-dealkylation sites (tertiary alicyclic amines) is 2. The summed E-state index contributed by atoms with van der Waals surface area (Å²) in [5.41, 5.74) is 1.68. The molecule has 1 N–H and O–H groups in total. The minimum atomic E-state index is -0.841. The first-order chi connectivity index (χ1) is 17.4. The van der Waals surface area contributed by atoms with E-state index >= 15 is 0 Å². The fourth-order valence-corrected chi connectivity index (χ4v) is 5.27. The van der Waals surface area contributed by atoms with Gasteiger partial charge in [0.2, 0.25) is 11.8 Å². The molecule has 2 amide bonds. The van der Waals surface area contributed by atoms with E-state index in [0.29, 0.717) is 13.1 Å². The lowest BCUT2D eigenvalue weighted by atomic mass is 9.91. The van der Waals surface area contributed by atoms with Crippen LogP contribution in [-0.4, -0.2) is 54.4 Å². The summed E-state index contributed by atoms with van der Waals surface area (Å²) >= 11 is 0. The molecule has 0 aromatic heterocycles. The molecule has 2 fully saturated rings. The number of ether oxygens (including phenoxy) is 1. The summed E-state index contributed by atoms with van der Waals surface area (Å²) in [6.07, 6.45) is 3.61. The van der Waals surface area contributed by atoms with Crippen molar-refractivity contribution in [3.05, 3.63) is 65.2 Å². The number of nitrogens with zero attached hydrogens (tertiary/aromatic N) is 2. The Labute approximate surface area is 211 Å². The minimum Gasteiger partial charge on any atom is -0.497 e. The number of benzene rings is 2. The summed E-state index contributed by atoms with van der Waals surface area (Å²) in [4.78, 5) is 30.4. The second kappa shape index (κ2) is 11.8. The molecule has 0 bridgehead atoms. The van der Waals surface area contributed by atoms with E-state index in [1.54, 1.807) is 13.2 Å². The van der Waals surface area contributed by atoms with Crippen LogP contribution in [0, 0.1) is 17.6 Å². The van der Waals surface area contributed by atoms with Crippen LogP contribution in [0.1, 0.15) is 56.2 Å². The van der Waals surface area contributed by atoms with Crippen molar-refractivity contribution in [3.63, 3.8) is 0 Å². The molecule has 36 heavy (non-hydrogen) atoms. The summed E-state index contributed by atoms with van der Waals surface area (Å²) in [6.45, 7) is 4.77. The Bertz CT molecular complexity index is 1050. The van der Waals surface area contributed by atoms with Gasteiger partial charge in [0.05, 0.1) is 19.1 Å². The average Bonchev–Trinajstić information content (AvgIpc) is 3.22. The minimum absolute atomic E-state index is 0.0192. The average molecular weight is 500 g/mol. The van der Waals surface area contributed by atoms with Crippen molar-refractivity contribution >= 4 is 11.8 Å². The predicted octanol–water partition coefficient (Wildman–Crippen LogP) is 4.44. The van der Waals surface area contributed by atoms with Gasteiger partial charge in [-0.25, -0.2) is 8.78 Å². The van der Waals surface area contributed by atoms with Crippen LogP contribution in [0.3, 0.4) is 0 Å². The summed E-state index contributed by atoms with van der Waals surface area (Å²) in [5.74, 6) is -1.44. The van der Waals surface area contributed by atoms with Gasteiger partial charge < -0.3 is 15.0 Å². The van der Waals surface area contributed by atoms with Crippen molar-refractivity contribution in [1.82, 2.24) is 15.1 Å². The van der Waals surface area contributed by atoms with Crippen molar-refractivity contribution in [3.8, 4) is 5.75 Å². The number of piperidine rings is 1. The molecule has 0 spiro atoms. The highest BCUT2D eigenvalue weighted by atomic mass is 19.2. The maximum Gasteiger partial charge on any atom is 0.226 e. The number of hydrogen-bond donors (Lipinski definition) is 1. The van der Waals surface area contributed by atoms with Crippen molar-refractivity contribution in [1.29, 1.82) is 0 Å². The Balaban J connectivity index is 1.38. The molecule has 0 radical (unpaired) electrons. The van der Waals surface area contributed by atoms with Gasteiger partial charge in [-0.1, -0.05) is 31.5 Å². The van der Waals surface area contributed by atoms with Gasteiger partial charge in [-0.15, -0.1) is 0 Å². The molecule has 8 heteroatoms. The van der Waals surface area contributed by atoms with E-state index in [2.05, 4.69) is 17.1 Å². The normalized spacial score (nSPS) is 21.1. The summed E-state index contributed by atoms with van der Waals surface area (Å²) in [5, 5.41) is 3.20. The molecular formula is C28H35F2N3O3. The van der Waals surface area contributed by atoms with Gasteiger partial charge in [-0.3, -0.25) is 14.5 Å². The van der Waals surface area contributed by atoms with E-state index < -0.39 is 17.6 Å². The van der Waals surface area contributed by atoms with Crippen LogP contribution in [0.5, 0.6) is 5.75 Å². The van der Waals surface area contributed by atoms with Gasteiger partial charge in [-0.05, 0) is 54.7 Å². The van der Waals surface area contributed by atoms with Gasteiger partial charge in [0, 0.05) is 38.6 Å². The lowest BCUT2D eigenvalue weighted by Crippen LogP contribution is -2.46. The van der Waals surface area contributed by atoms with E-state index in [1.165, 1.54) is 6.07 Å². The Morgan fingerprint density at radius 3 is 2.44 bits per heavy atom. The highest BCUT2D eigenvalue weighted by Gasteiger charge is 2.44. The standard InChI is InChI=1S/C28H35F2N3O3/c1-3-4-13-33-26(34)17-23(27(33)20-6-8-22(36-2)9-7-20)28(35)31-21-11-14-32(15-12-21)18-19-5-10-24(29)25(30)16-19/h5-10,16,21,23,27H,3-4,11-15,17-18H2,1-2H3,(H,31,35)/t23-,27+/m0/s1. The van der Waals surface area contributed by atoms with E-state index in [-0.39, 0.29) is 30.3 Å². The third kappa shape index (κ3) is 6.03. The fraction of sp³-hybridized carbons (Fsp3) is 0.500. The highest BCUT2D eigenvalue weighted by Crippen LogP contribution is 2.39. The second-order valence-electron chi connectivity index (χ2n) is 9.78. The van der Waals surface area contributed by atoms with Gasteiger partial charge >= 0.3 is 0 Å². The summed E-state index contributed by atoms with van der Waals surface area (Å²) < 4.78 is 32.0. The van der Waals surface area contributed by atoms with Crippen LogP contribution in [0.4, 0.5) is 8.78 Å². The van der Waals surface area contributed by atoms with E-state index in [1.807, 2.05) is 29.2 Å². The van der Waals surface area contributed by atoms with Crippen molar-refractivity contribution in [2.45, 2.75) is 57.7 Å². The maximum absolute atomic E-state index is 13.5. The molecule has 4 rings (SSSR count). The summed E-state index contributed by atoms with van der Waals surface area (Å²) in [7, 11) is 1.61. The lowest BCUT2D eigenvalue weighted by molar-refractivity contribution is -0.129. The number of nitrogens with one attached hydrogen (secondary N) is 1. The molecule has 2 atom stereocenters. The number of halogens is 2. The SMILES string of the molecule is CCCCN1C(=O)C[C@H](C(=O)NC2CCN(Cc3ccc(F)c(F)c3)CC2)[C@H]1c1ccc(OC)cc1. The van der Waals surface area contributed by atoms with Crippen LogP contribution < -0.4 is 10.1 Å². The molecule has 0 unspecified atom stereocenters. The Kier molecular flexibility index (Phi) is 8.56. The van der Waals surface area contributed by atoms with E-state index in [4.69, 9.17) is 4.74 Å². The van der Waals surface area contributed by atoms with E-state index in [0.717, 1.165) is 61.7 Å². The zero-order valence-corrected chi connectivity index (χ0v) is 21.0. The first-order valence-electron chi connectivity index (χ1n) is 12.8. The fourth-order valence-electron chi connectivity index (χ4n) is 5.27. The maximum atomic E-state index is 13.5. The van der Waals surface area contributed by atoms with Crippen LogP contribution in [0.15, 0.2) is 42.5 Å². The van der Waals surface area contributed by atoms with Gasteiger partial charge in [0.15, 0.2) is 11.6 Å². The van der Waals surface area contributed by atoms with Crippen LogP contribution >= 0.6 is 0 Å². The molecule has 2 aliphatic heterocycles. The van der Waals surface area contributed by atoms with Crippen molar-refractivity contribution in [2.24, 2.45) is 5.92 Å². The van der Waals surface area contributed by atoms with Crippen LogP contribution in [-0.2, 0) is 16.1 Å². The van der Waals surface area contributed by atoms with E-state index in [9.17, 15) is 18.4 Å². The zero-order valence-electron chi connectivity index (χ0n) is 21.0. The first-order valence-corrected chi connectivity index (χ1v) is 12.8. The Hall–Kier alpha value is -3.00. The zero-order chi connectivity index (χ0) is 25.7. The lowest BCUT2D eigenvalue weighted by Gasteiger charge is -2.34. The number of methoxy groups -OCH3 is 1. The topological polar surface area (TPSA) is 61.9 Å². The third-order valence-corrected chi connectivity index (χ3v) is 7.30. The molecule has 6 nitrogen and oxygen atoms in total. The van der Waals surface area contributed by atoms with Crippen LogP contribution in [0.2, 0.25) is 0 Å². The van der Waals surface area contributed by atoms with Crippen LogP contribution in [0.25, 0.3) is 0 Å². The predicted molar refractivity (Wildman–Crippen MR) is 133 cm³/mol. The molecule has 2 heterocycles.